The van der Waals surface area contributed by atoms with Crippen molar-refractivity contribution in [2.24, 2.45) is 5.92 Å². The Morgan fingerprint density at radius 2 is 1.79 bits per heavy atom. The van der Waals surface area contributed by atoms with Gasteiger partial charge in [0, 0.05) is 11.1 Å². The van der Waals surface area contributed by atoms with Gasteiger partial charge in [-0.15, -0.1) is 0 Å². The van der Waals surface area contributed by atoms with Crippen molar-refractivity contribution in [1.82, 2.24) is 4.72 Å². The molecule has 108 valence electrons. The molecular weight excluding hydrogens is 305 g/mol. The Bertz CT molecular complexity index is 529. The van der Waals surface area contributed by atoms with E-state index >= 15 is 0 Å². The Labute approximate surface area is 125 Å². The van der Waals surface area contributed by atoms with Gasteiger partial charge in [-0.3, -0.25) is 0 Å². The first-order valence-corrected chi connectivity index (χ1v) is 8.43. The summed E-state index contributed by atoms with van der Waals surface area (Å²) in [5.41, 5.74) is 0. The van der Waals surface area contributed by atoms with Gasteiger partial charge in [0.2, 0.25) is 10.0 Å². The third-order valence-electron chi connectivity index (χ3n) is 2.72. The van der Waals surface area contributed by atoms with E-state index in [1.807, 2.05) is 6.92 Å². The van der Waals surface area contributed by atoms with Gasteiger partial charge in [-0.1, -0.05) is 37.0 Å². The normalized spacial score (nSPS) is 13.8. The Morgan fingerprint density at radius 1 is 1.16 bits per heavy atom. The van der Waals surface area contributed by atoms with Gasteiger partial charge in [0.15, 0.2) is 0 Å². The van der Waals surface area contributed by atoms with Gasteiger partial charge in [0.05, 0.1) is 5.02 Å². The molecule has 1 rings (SSSR count). The van der Waals surface area contributed by atoms with E-state index in [1.165, 1.54) is 12.1 Å². The Morgan fingerprint density at radius 3 is 2.37 bits per heavy atom. The van der Waals surface area contributed by atoms with Crippen LogP contribution in [-0.2, 0) is 10.0 Å². The van der Waals surface area contributed by atoms with Crippen molar-refractivity contribution in [3.63, 3.8) is 0 Å². The second-order valence-electron chi connectivity index (χ2n) is 5.07. The van der Waals surface area contributed by atoms with Gasteiger partial charge < -0.3 is 0 Å². The van der Waals surface area contributed by atoms with Crippen LogP contribution in [0.4, 0.5) is 0 Å². The van der Waals surface area contributed by atoms with Crippen LogP contribution in [0.5, 0.6) is 0 Å². The van der Waals surface area contributed by atoms with Crippen molar-refractivity contribution in [2.45, 2.75) is 44.6 Å². The number of nitrogens with one attached hydrogen (secondary N) is 1. The van der Waals surface area contributed by atoms with Crippen LogP contribution in [0.3, 0.4) is 0 Å². The number of hydrogen-bond acceptors (Lipinski definition) is 2. The largest absolute Gasteiger partial charge is 0.242 e. The zero-order valence-corrected chi connectivity index (χ0v) is 13.6. The van der Waals surface area contributed by atoms with Gasteiger partial charge in [-0.2, -0.15) is 0 Å². The fourth-order valence-corrected chi connectivity index (χ4v) is 3.69. The van der Waals surface area contributed by atoms with E-state index in [-0.39, 0.29) is 16.0 Å². The van der Waals surface area contributed by atoms with Gasteiger partial charge in [0.1, 0.15) is 4.90 Å². The van der Waals surface area contributed by atoms with E-state index in [0.717, 1.165) is 12.8 Å². The number of rotatable bonds is 6. The quantitative estimate of drug-likeness (QED) is 0.856. The first-order chi connectivity index (χ1) is 8.72. The highest BCUT2D eigenvalue weighted by Crippen LogP contribution is 2.25. The van der Waals surface area contributed by atoms with Gasteiger partial charge in [-0.25, -0.2) is 13.1 Å². The molecule has 0 spiro atoms. The van der Waals surface area contributed by atoms with Crippen molar-refractivity contribution in [3.8, 4) is 0 Å². The smallest absolute Gasteiger partial charge is 0.208 e. The van der Waals surface area contributed by atoms with Crippen molar-refractivity contribution in [3.05, 3.63) is 28.2 Å². The fourth-order valence-electron chi connectivity index (χ4n) is 1.65. The van der Waals surface area contributed by atoms with Crippen LogP contribution in [0.2, 0.25) is 10.0 Å². The molecule has 1 atom stereocenters. The summed E-state index contributed by atoms with van der Waals surface area (Å²) >= 11 is 11.7. The van der Waals surface area contributed by atoms with Gasteiger partial charge in [0.25, 0.3) is 0 Å². The van der Waals surface area contributed by atoms with Crippen LogP contribution >= 0.6 is 23.2 Å². The predicted molar refractivity (Wildman–Crippen MR) is 80.3 cm³/mol. The summed E-state index contributed by atoms with van der Waals surface area (Å²) in [7, 11) is -3.63. The zero-order valence-electron chi connectivity index (χ0n) is 11.3. The lowest BCUT2D eigenvalue weighted by Gasteiger charge is -2.16. The highest BCUT2D eigenvalue weighted by Gasteiger charge is 2.20. The van der Waals surface area contributed by atoms with Crippen LogP contribution in [-0.4, -0.2) is 14.5 Å². The lowest BCUT2D eigenvalue weighted by molar-refractivity contribution is 0.485. The maximum absolute atomic E-state index is 12.2. The standard InChI is InChI=1S/C13H19Cl2NO2S/c1-9(2)4-5-10(3)16-19(17,18)13-8-11(14)6-7-12(13)15/h6-10,16H,4-5H2,1-3H3/t10-/m0/s1. The average molecular weight is 324 g/mol. The molecular formula is C13H19Cl2NO2S. The van der Waals surface area contributed by atoms with E-state index in [9.17, 15) is 8.42 Å². The summed E-state index contributed by atoms with van der Waals surface area (Å²) in [6, 6.07) is 4.27. The summed E-state index contributed by atoms with van der Waals surface area (Å²) < 4.78 is 27.0. The van der Waals surface area contributed by atoms with Crippen LogP contribution in [0.15, 0.2) is 23.1 Å². The maximum Gasteiger partial charge on any atom is 0.242 e. The van der Waals surface area contributed by atoms with Crippen LogP contribution < -0.4 is 4.72 Å². The number of halogens is 2. The third-order valence-corrected chi connectivity index (χ3v) is 5.02. The topological polar surface area (TPSA) is 46.2 Å². The van der Waals surface area contributed by atoms with Gasteiger partial charge in [-0.05, 0) is 43.9 Å². The first kappa shape index (κ1) is 16.8. The molecule has 0 aromatic heterocycles. The molecule has 3 nitrogen and oxygen atoms in total. The summed E-state index contributed by atoms with van der Waals surface area (Å²) in [5.74, 6) is 0.543. The summed E-state index contributed by atoms with van der Waals surface area (Å²) in [4.78, 5) is 0.0260. The molecule has 0 aliphatic heterocycles. The minimum atomic E-state index is -3.63. The predicted octanol–water partition coefficient (Wildman–Crippen LogP) is 4.10. The molecule has 0 aliphatic rings. The second kappa shape index (κ2) is 6.93. The minimum absolute atomic E-state index is 0.0260. The van der Waals surface area contributed by atoms with E-state index < -0.39 is 10.0 Å². The molecule has 19 heavy (non-hydrogen) atoms. The number of sulfonamides is 1. The molecule has 0 radical (unpaired) electrons. The third kappa shape index (κ3) is 5.30. The van der Waals surface area contributed by atoms with Crippen LogP contribution in [0, 0.1) is 5.92 Å². The van der Waals surface area contributed by atoms with Crippen molar-refractivity contribution in [1.29, 1.82) is 0 Å². The first-order valence-electron chi connectivity index (χ1n) is 6.19. The second-order valence-corrected chi connectivity index (χ2v) is 7.59. The summed E-state index contributed by atoms with van der Waals surface area (Å²) in [6.45, 7) is 6.06. The molecule has 0 unspecified atom stereocenters. The number of hydrogen-bond donors (Lipinski definition) is 1. The molecule has 0 amide bonds. The Kier molecular flexibility index (Phi) is 6.12. The highest BCUT2D eigenvalue weighted by molar-refractivity contribution is 7.89. The van der Waals surface area contributed by atoms with Gasteiger partial charge >= 0.3 is 0 Å². The Hall–Kier alpha value is -0.290. The zero-order chi connectivity index (χ0) is 14.6. The van der Waals surface area contributed by atoms with Crippen molar-refractivity contribution in [2.75, 3.05) is 0 Å². The molecule has 1 N–H and O–H groups in total. The lowest BCUT2D eigenvalue weighted by Crippen LogP contribution is -2.33. The van der Waals surface area contributed by atoms with E-state index in [0.29, 0.717) is 10.9 Å². The molecule has 0 fully saturated rings. The highest BCUT2D eigenvalue weighted by atomic mass is 35.5. The number of benzene rings is 1. The monoisotopic (exact) mass is 323 g/mol. The van der Waals surface area contributed by atoms with Crippen LogP contribution in [0.1, 0.15) is 33.6 Å². The van der Waals surface area contributed by atoms with Crippen LogP contribution in [0.25, 0.3) is 0 Å². The average Bonchev–Trinajstić information content (AvgIpc) is 2.29. The van der Waals surface area contributed by atoms with E-state index in [1.54, 1.807) is 6.07 Å². The minimum Gasteiger partial charge on any atom is -0.208 e. The molecule has 0 saturated carbocycles. The summed E-state index contributed by atoms with van der Waals surface area (Å²) in [5, 5.41) is 0.521. The lowest BCUT2D eigenvalue weighted by atomic mass is 10.1. The molecule has 0 heterocycles. The molecule has 6 heteroatoms. The molecule has 0 bridgehead atoms. The molecule has 1 aromatic rings. The molecule has 0 saturated heterocycles. The maximum atomic E-state index is 12.2. The van der Waals surface area contributed by atoms with Crippen molar-refractivity contribution >= 4 is 33.2 Å². The van der Waals surface area contributed by atoms with E-state index in [2.05, 4.69) is 18.6 Å². The molecule has 1 aromatic carbocycles. The Balaban J connectivity index is 2.83. The molecule has 0 aliphatic carbocycles. The SMILES string of the molecule is CC(C)CC[C@H](C)NS(=O)(=O)c1cc(Cl)ccc1Cl. The van der Waals surface area contributed by atoms with Crippen molar-refractivity contribution < 1.29 is 8.42 Å². The summed E-state index contributed by atoms with van der Waals surface area (Å²) in [6.07, 6.45) is 1.75. The fraction of sp³-hybridized carbons (Fsp3) is 0.538. The van der Waals surface area contributed by atoms with E-state index in [4.69, 9.17) is 23.2 Å².